The molecule has 26 heavy (non-hydrogen) atoms. The summed E-state index contributed by atoms with van der Waals surface area (Å²) in [5.41, 5.74) is 2.14. The van der Waals surface area contributed by atoms with Crippen LogP contribution in [-0.4, -0.2) is 9.97 Å². The van der Waals surface area contributed by atoms with Crippen molar-refractivity contribution in [3.05, 3.63) is 61.5 Å². The maximum absolute atomic E-state index is 12.7. The van der Waals surface area contributed by atoms with Gasteiger partial charge in [0.25, 0.3) is 5.56 Å². The van der Waals surface area contributed by atoms with Gasteiger partial charge in [0, 0.05) is 9.90 Å². The van der Waals surface area contributed by atoms with E-state index in [4.69, 9.17) is 11.6 Å². The van der Waals surface area contributed by atoms with Crippen molar-refractivity contribution in [2.75, 3.05) is 0 Å². The number of hydrogen-bond donors (Lipinski definition) is 1. The molecule has 0 unspecified atom stereocenters. The Bertz CT molecular complexity index is 1120. The van der Waals surface area contributed by atoms with Gasteiger partial charge in [0.2, 0.25) is 0 Å². The van der Waals surface area contributed by atoms with Gasteiger partial charge in [0.1, 0.15) is 10.9 Å². The van der Waals surface area contributed by atoms with E-state index in [1.54, 1.807) is 29.5 Å². The van der Waals surface area contributed by atoms with Crippen molar-refractivity contribution >= 4 is 44.8 Å². The van der Waals surface area contributed by atoms with Crippen LogP contribution in [-0.2, 0) is 12.8 Å². The van der Waals surface area contributed by atoms with E-state index in [1.807, 2.05) is 12.1 Å². The highest BCUT2D eigenvalue weighted by Gasteiger charge is 2.23. The van der Waals surface area contributed by atoms with Crippen molar-refractivity contribution < 1.29 is 0 Å². The molecule has 0 fully saturated rings. The van der Waals surface area contributed by atoms with Crippen molar-refractivity contribution in [2.24, 2.45) is 5.92 Å². The summed E-state index contributed by atoms with van der Waals surface area (Å²) in [4.78, 5) is 22.1. The highest BCUT2D eigenvalue weighted by molar-refractivity contribution is 7.18. The van der Waals surface area contributed by atoms with Gasteiger partial charge in [-0.1, -0.05) is 30.7 Å². The number of nitrogens with one attached hydrogen (secondary N) is 1. The Labute approximate surface area is 159 Å². The van der Waals surface area contributed by atoms with E-state index >= 15 is 0 Å². The number of aromatic nitrogens is 2. The van der Waals surface area contributed by atoms with E-state index in [0.29, 0.717) is 27.7 Å². The van der Waals surface area contributed by atoms with Gasteiger partial charge in [-0.15, -0.1) is 11.3 Å². The molecule has 0 saturated heterocycles. The van der Waals surface area contributed by atoms with Crippen LogP contribution in [0.5, 0.6) is 0 Å². The summed E-state index contributed by atoms with van der Waals surface area (Å²) in [5.74, 6) is 0.945. The number of nitrogens with zero attached hydrogens (tertiary/aromatic N) is 2. The first kappa shape index (κ1) is 17.0. The Balaban J connectivity index is 1.83. The molecule has 1 aliphatic carbocycles. The summed E-state index contributed by atoms with van der Waals surface area (Å²) in [6.07, 6.45) is 4.72. The first-order chi connectivity index (χ1) is 12.5. The van der Waals surface area contributed by atoms with Crippen LogP contribution in [0.25, 0.3) is 21.9 Å². The SMILES string of the molecule is C[C@H]1CCc2c(sc3nc(/C(C#N)=C\c4ccc(Cl)cc4)[nH]c(=O)c23)C1. The zero-order chi connectivity index (χ0) is 18.3. The Kier molecular flexibility index (Phi) is 4.39. The van der Waals surface area contributed by atoms with Crippen LogP contribution in [0.4, 0.5) is 0 Å². The number of aryl methyl sites for hydroxylation is 1. The third-order valence-corrected chi connectivity index (χ3v) is 6.12. The van der Waals surface area contributed by atoms with E-state index in [-0.39, 0.29) is 5.56 Å². The predicted octanol–water partition coefficient (Wildman–Crippen LogP) is 4.83. The highest BCUT2D eigenvalue weighted by Crippen LogP contribution is 2.35. The molecule has 3 aromatic rings. The minimum atomic E-state index is -0.158. The van der Waals surface area contributed by atoms with Crippen LogP contribution in [0.15, 0.2) is 29.1 Å². The molecule has 4 nitrogen and oxygen atoms in total. The van der Waals surface area contributed by atoms with Crippen molar-refractivity contribution in [1.29, 1.82) is 5.26 Å². The van der Waals surface area contributed by atoms with Crippen molar-refractivity contribution in [3.63, 3.8) is 0 Å². The van der Waals surface area contributed by atoms with Gasteiger partial charge in [-0.05, 0) is 54.5 Å². The maximum atomic E-state index is 12.7. The number of benzene rings is 1. The molecule has 0 aliphatic heterocycles. The van der Waals surface area contributed by atoms with Crippen molar-refractivity contribution in [2.45, 2.75) is 26.2 Å². The topological polar surface area (TPSA) is 69.5 Å². The molecule has 0 spiro atoms. The average Bonchev–Trinajstić information content (AvgIpc) is 2.98. The van der Waals surface area contributed by atoms with E-state index in [0.717, 1.165) is 35.2 Å². The Morgan fingerprint density at radius 1 is 1.42 bits per heavy atom. The fraction of sp³-hybridized carbons (Fsp3) is 0.250. The number of H-pyrrole nitrogens is 1. The van der Waals surface area contributed by atoms with Crippen LogP contribution in [0.3, 0.4) is 0 Å². The van der Waals surface area contributed by atoms with Crippen LogP contribution in [0.1, 0.15) is 35.2 Å². The fourth-order valence-electron chi connectivity index (χ4n) is 3.36. The molecule has 1 aromatic carbocycles. The number of allylic oxidation sites excluding steroid dienone is 1. The van der Waals surface area contributed by atoms with E-state index in [9.17, 15) is 10.1 Å². The van der Waals surface area contributed by atoms with E-state index in [2.05, 4.69) is 23.0 Å². The lowest BCUT2D eigenvalue weighted by Gasteiger charge is -2.17. The summed E-state index contributed by atoms with van der Waals surface area (Å²) >= 11 is 7.48. The molecule has 0 amide bonds. The number of halogens is 1. The van der Waals surface area contributed by atoms with Gasteiger partial charge in [-0.3, -0.25) is 4.79 Å². The van der Waals surface area contributed by atoms with Crippen molar-refractivity contribution in [3.8, 4) is 6.07 Å². The lowest BCUT2D eigenvalue weighted by molar-refractivity contribution is 0.509. The Hall–Kier alpha value is -2.42. The molecule has 0 bridgehead atoms. The molecule has 6 heteroatoms. The fourth-order valence-corrected chi connectivity index (χ4v) is 4.87. The third-order valence-electron chi connectivity index (χ3n) is 4.72. The third kappa shape index (κ3) is 3.07. The van der Waals surface area contributed by atoms with Gasteiger partial charge in [0.15, 0.2) is 5.82 Å². The molecule has 0 radical (unpaired) electrons. The molecular weight excluding hydrogens is 366 g/mol. The summed E-state index contributed by atoms with van der Waals surface area (Å²) < 4.78 is 0. The number of hydrogen-bond acceptors (Lipinski definition) is 4. The molecule has 2 heterocycles. The van der Waals surface area contributed by atoms with Gasteiger partial charge < -0.3 is 4.98 Å². The van der Waals surface area contributed by atoms with Gasteiger partial charge in [-0.25, -0.2) is 4.98 Å². The highest BCUT2D eigenvalue weighted by atomic mass is 35.5. The molecule has 2 aromatic heterocycles. The quantitative estimate of drug-likeness (QED) is 0.646. The summed E-state index contributed by atoms with van der Waals surface area (Å²) in [5, 5.41) is 10.9. The molecular formula is C20H16ClN3OS. The number of nitriles is 1. The lowest BCUT2D eigenvalue weighted by Crippen LogP contribution is -2.14. The second-order valence-electron chi connectivity index (χ2n) is 6.67. The van der Waals surface area contributed by atoms with Gasteiger partial charge in [-0.2, -0.15) is 5.26 Å². The molecule has 4 rings (SSSR count). The summed E-state index contributed by atoms with van der Waals surface area (Å²) in [7, 11) is 0. The van der Waals surface area contributed by atoms with Crippen LogP contribution >= 0.6 is 22.9 Å². The molecule has 130 valence electrons. The number of rotatable bonds is 2. The summed E-state index contributed by atoms with van der Waals surface area (Å²) in [6.45, 7) is 2.24. The largest absolute Gasteiger partial charge is 0.305 e. The minimum absolute atomic E-state index is 0.158. The molecule has 1 atom stereocenters. The van der Waals surface area contributed by atoms with Crippen LogP contribution in [0, 0.1) is 17.2 Å². The minimum Gasteiger partial charge on any atom is -0.305 e. The summed E-state index contributed by atoms with van der Waals surface area (Å²) in [6, 6.07) is 9.30. The monoisotopic (exact) mass is 381 g/mol. The number of aromatic amines is 1. The standard InChI is InChI=1S/C20H16ClN3OS/c1-11-2-7-15-16(8-11)26-20-17(15)19(25)23-18(24-20)13(10-22)9-12-3-5-14(21)6-4-12/h3-6,9,11H,2,7-8H2,1H3,(H,23,24,25)/b13-9-/t11-/m0/s1. The lowest BCUT2D eigenvalue weighted by atomic mass is 9.89. The Morgan fingerprint density at radius 2 is 2.19 bits per heavy atom. The normalized spacial score (nSPS) is 17.1. The number of fused-ring (bicyclic) bond motifs is 3. The maximum Gasteiger partial charge on any atom is 0.260 e. The molecule has 0 saturated carbocycles. The van der Waals surface area contributed by atoms with Crippen LogP contribution < -0.4 is 5.56 Å². The van der Waals surface area contributed by atoms with Gasteiger partial charge >= 0.3 is 0 Å². The second-order valence-corrected chi connectivity index (χ2v) is 8.19. The zero-order valence-corrected chi connectivity index (χ0v) is 15.7. The van der Waals surface area contributed by atoms with E-state index < -0.39 is 0 Å². The van der Waals surface area contributed by atoms with Crippen LogP contribution in [0.2, 0.25) is 5.02 Å². The first-order valence-electron chi connectivity index (χ1n) is 8.47. The number of thiophene rings is 1. The average molecular weight is 382 g/mol. The van der Waals surface area contributed by atoms with Gasteiger partial charge in [0.05, 0.1) is 11.0 Å². The molecule has 1 N–H and O–H groups in total. The first-order valence-corrected chi connectivity index (χ1v) is 9.67. The predicted molar refractivity (Wildman–Crippen MR) is 106 cm³/mol. The second kappa shape index (κ2) is 6.71. The van der Waals surface area contributed by atoms with Crippen molar-refractivity contribution in [1.82, 2.24) is 9.97 Å². The smallest absolute Gasteiger partial charge is 0.260 e. The molecule has 1 aliphatic rings. The van der Waals surface area contributed by atoms with E-state index in [1.165, 1.54) is 4.88 Å². The Morgan fingerprint density at radius 3 is 2.92 bits per heavy atom. The zero-order valence-electron chi connectivity index (χ0n) is 14.2.